The predicted molar refractivity (Wildman–Crippen MR) is 86.4 cm³/mol. The average molecular weight is 318 g/mol. The largest absolute Gasteiger partial charge is 0.478 e. The molecule has 0 saturated heterocycles. The smallest absolute Gasteiger partial charge is 0.336 e. The molecule has 0 radical (unpaired) electrons. The molecule has 1 N–H and O–H groups in total. The number of hydrogen-bond acceptors (Lipinski definition) is 3. The van der Waals surface area contributed by atoms with E-state index < -0.39 is 5.97 Å². The number of rotatable bonds is 3. The molecule has 0 aliphatic rings. The second-order valence-electron chi connectivity index (χ2n) is 4.63. The minimum absolute atomic E-state index is 0.273. The third kappa shape index (κ3) is 2.52. The van der Waals surface area contributed by atoms with Crippen molar-refractivity contribution < 1.29 is 9.90 Å². The Kier molecular flexibility index (Phi) is 3.66. The summed E-state index contributed by atoms with van der Waals surface area (Å²) in [5.74, 6) is -0.945. The van der Waals surface area contributed by atoms with E-state index in [4.69, 9.17) is 11.6 Å². The van der Waals surface area contributed by atoms with Gasteiger partial charge in [0.1, 0.15) is 0 Å². The van der Waals surface area contributed by atoms with E-state index in [1.54, 1.807) is 18.2 Å². The van der Waals surface area contributed by atoms with Crippen LogP contribution in [-0.4, -0.2) is 16.1 Å². The summed E-state index contributed by atoms with van der Waals surface area (Å²) in [5, 5.41) is 10.1. The maximum Gasteiger partial charge on any atom is 0.336 e. The summed E-state index contributed by atoms with van der Waals surface area (Å²) in [7, 11) is 0. The predicted octanol–water partition coefficient (Wildman–Crippen LogP) is 4.88. The lowest BCUT2D eigenvalue weighted by Gasteiger charge is -2.09. The van der Waals surface area contributed by atoms with Crippen molar-refractivity contribution in [1.29, 1.82) is 0 Å². The molecule has 0 aliphatic carbocycles. The summed E-state index contributed by atoms with van der Waals surface area (Å²) in [4.78, 5) is 17.1. The van der Waals surface area contributed by atoms with Crippen LogP contribution in [0.3, 0.4) is 0 Å². The highest BCUT2D eigenvalue weighted by atomic mass is 35.5. The standard InChI is InChI=1S/C16H12ClNO2S/c1-2-9-4-3-5-10-11(16(19)20)8-12(18-15(9)10)13-6-7-14(17)21-13/h3-8H,2H2,1H3,(H,19,20). The molecule has 0 aliphatic heterocycles. The highest BCUT2D eigenvalue weighted by Crippen LogP contribution is 2.33. The second kappa shape index (κ2) is 5.47. The number of thiophene rings is 1. The molecule has 0 spiro atoms. The van der Waals surface area contributed by atoms with E-state index in [0.717, 1.165) is 22.4 Å². The van der Waals surface area contributed by atoms with E-state index in [1.165, 1.54) is 11.3 Å². The number of carbonyl (C=O) groups is 1. The molecule has 2 aromatic heterocycles. The van der Waals surface area contributed by atoms with E-state index in [9.17, 15) is 9.90 Å². The van der Waals surface area contributed by atoms with E-state index in [1.807, 2.05) is 25.1 Å². The first-order valence-corrected chi connectivity index (χ1v) is 7.71. The maximum atomic E-state index is 11.6. The normalized spacial score (nSPS) is 11.0. The summed E-state index contributed by atoms with van der Waals surface area (Å²) in [6.45, 7) is 2.03. The van der Waals surface area contributed by atoms with Gasteiger partial charge in [0, 0.05) is 5.39 Å². The Morgan fingerprint density at radius 2 is 2.14 bits per heavy atom. The zero-order valence-corrected chi connectivity index (χ0v) is 12.8. The van der Waals surface area contributed by atoms with Gasteiger partial charge in [-0.15, -0.1) is 11.3 Å². The Balaban J connectivity index is 2.35. The van der Waals surface area contributed by atoms with Gasteiger partial charge in [0.05, 0.1) is 26.0 Å². The Hall–Kier alpha value is -1.91. The molecule has 5 heteroatoms. The van der Waals surface area contributed by atoms with Crippen LogP contribution in [0, 0.1) is 0 Å². The second-order valence-corrected chi connectivity index (χ2v) is 6.35. The molecule has 21 heavy (non-hydrogen) atoms. The van der Waals surface area contributed by atoms with E-state index in [-0.39, 0.29) is 5.56 Å². The van der Waals surface area contributed by atoms with Gasteiger partial charge >= 0.3 is 5.97 Å². The van der Waals surface area contributed by atoms with E-state index in [2.05, 4.69) is 4.98 Å². The molecule has 0 amide bonds. The number of carboxylic acids is 1. The summed E-state index contributed by atoms with van der Waals surface area (Å²) in [6.07, 6.45) is 0.804. The number of pyridine rings is 1. The van der Waals surface area contributed by atoms with Gasteiger partial charge in [-0.2, -0.15) is 0 Å². The Morgan fingerprint density at radius 3 is 2.76 bits per heavy atom. The van der Waals surface area contributed by atoms with Gasteiger partial charge < -0.3 is 5.11 Å². The number of fused-ring (bicyclic) bond motifs is 1. The van der Waals surface area contributed by atoms with Gasteiger partial charge in [0.2, 0.25) is 0 Å². The number of aromatic nitrogens is 1. The molecule has 106 valence electrons. The lowest BCUT2D eigenvalue weighted by atomic mass is 10.0. The Morgan fingerprint density at radius 1 is 1.33 bits per heavy atom. The molecule has 0 unspecified atom stereocenters. The zero-order valence-electron chi connectivity index (χ0n) is 11.3. The van der Waals surface area contributed by atoms with Crippen LogP contribution in [0.4, 0.5) is 0 Å². The number of nitrogens with zero attached hydrogens (tertiary/aromatic N) is 1. The van der Waals surface area contributed by atoms with Crippen molar-refractivity contribution in [3.05, 3.63) is 51.9 Å². The first-order chi connectivity index (χ1) is 10.1. The molecule has 0 saturated carbocycles. The van der Waals surface area contributed by atoms with Gasteiger partial charge in [0.25, 0.3) is 0 Å². The van der Waals surface area contributed by atoms with Crippen LogP contribution in [0.15, 0.2) is 36.4 Å². The number of halogens is 1. The molecule has 0 bridgehead atoms. The van der Waals surface area contributed by atoms with Gasteiger partial charge in [-0.05, 0) is 30.2 Å². The van der Waals surface area contributed by atoms with Crippen molar-refractivity contribution in [3.63, 3.8) is 0 Å². The van der Waals surface area contributed by atoms with Crippen LogP contribution in [0.2, 0.25) is 4.34 Å². The van der Waals surface area contributed by atoms with Crippen molar-refractivity contribution in [2.24, 2.45) is 0 Å². The molecular formula is C16H12ClNO2S. The van der Waals surface area contributed by atoms with Crippen molar-refractivity contribution in [3.8, 4) is 10.6 Å². The number of aromatic carboxylic acids is 1. The van der Waals surface area contributed by atoms with Gasteiger partial charge in [-0.1, -0.05) is 36.7 Å². The van der Waals surface area contributed by atoms with Crippen LogP contribution in [0.5, 0.6) is 0 Å². The molecule has 3 aromatic rings. The van der Waals surface area contributed by atoms with Crippen molar-refractivity contribution in [1.82, 2.24) is 4.98 Å². The number of aryl methyl sites for hydroxylation is 1. The fourth-order valence-corrected chi connectivity index (χ4v) is 3.35. The Labute approximate surface area is 130 Å². The van der Waals surface area contributed by atoms with Crippen LogP contribution in [0.25, 0.3) is 21.5 Å². The average Bonchev–Trinajstić information content (AvgIpc) is 2.91. The Bertz CT molecular complexity index is 841. The third-order valence-electron chi connectivity index (χ3n) is 3.36. The van der Waals surface area contributed by atoms with E-state index in [0.29, 0.717) is 15.4 Å². The fraction of sp³-hybridized carbons (Fsp3) is 0.125. The molecule has 2 heterocycles. The molecule has 3 rings (SSSR count). The lowest BCUT2D eigenvalue weighted by molar-refractivity contribution is 0.0699. The van der Waals surface area contributed by atoms with Crippen molar-refractivity contribution in [2.75, 3.05) is 0 Å². The summed E-state index contributed by atoms with van der Waals surface area (Å²) < 4.78 is 0.660. The number of carboxylic acid groups (broad SMARTS) is 1. The van der Waals surface area contributed by atoms with Crippen LogP contribution in [-0.2, 0) is 6.42 Å². The molecule has 3 nitrogen and oxygen atoms in total. The number of benzene rings is 1. The minimum atomic E-state index is -0.945. The zero-order chi connectivity index (χ0) is 15.0. The van der Waals surface area contributed by atoms with Crippen LogP contribution >= 0.6 is 22.9 Å². The van der Waals surface area contributed by atoms with Crippen LogP contribution < -0.4 is 0 Å². The lowest BCUT2D eigenvalue weighted by Crippen LogP contribution is -2.01. The highest BCUT2D eigenvalue weighted by molar-refractivity contribution is 7.19. The van der Waals surface area contributed by atoms with Gasteiger partial charge in [-0.25, -0.2) is 9.78 Å². The summed E-state index contributed by atoms with van der Waals surface area (Å²) >= 11 is 7.36. The third-order valence-corrected chi connectivity index (χ3v) is 4.61. The van der Waals surface area contributed by atoms with Crippen molar-refractivity contribution >= 4 is 39.8 Å². The SMILES string of the molecule is CCc1cccc2c(C(=O)O)cc(-c3ccc(Cl)s3)nc12. The fourth-order valence-electron chi connectivity index (χ4n) is 2.35. The molecule has 0 fully saturated rings. The minimum Gasteiger partial charge on any atom is -0.478 e. The first-order valence-electron chi connectivity index (χ1n) is 6.51. The van der Waals surface area contributed by atoms with Crippen molar-refractivity contribution in [2.45, 2.75) is 13.3 Å². The highest BCUT2D eigenvalue weighted by Gasteiger charge is 2.15. The van der Waals surface area contributed by atoms with E-state index >= 15 is 0 Å². The number of hydrogen-bond donors (Lipinski definition) is 1. The molecule has 0 atom stereocenters. The topological polar surface area (TPSA) is 50.2 Å². The maximum absolute atomic E-state index is 11.6. The number of para-hydroxylation sites is 1. The van der Waals surface area contributed by atoms with Gasteiger partial charge in [0.15, 0.2) is 0 Å². The van der Waals surface area contributed by atoms with Crippen LogP contribution in [0.1, 0.15) is 22.8 Å². The summed E-state index contributed by atoms with van der Waals surface area (Å²) in [5.41, 5.74) is 2.71. The summed E-state index contributed by atoms with van der Waals surface area (Å²) in [6, 6.07) is 10.9. The molecule has 1 aromatic carbocycles. The van der Waals surface area contributed by atoms with Gasteiger partial charge in [-0.3, -0.25) is 0 Å². The monoisotopic (exact) mass is 317 g/mol. The quantitative estimate of drug-likeness (QED) is 0.749. The first kappa shape index (κ1) is 14.0. The molecular weight excluding hydrogens is 306 g/mol.